The quantitative estimate of drug-likeness (QED) is 0.604. The number of carbonyl (C=O) groups excluding carboxylic acids is 1. The van der Waals surface area contributed by atoms with Gasteiger partial charge in [-0.05, 0) is 60.7 Å². The van der Waals surface area contributed by atoms with Gasteiger partial charge in [-0.25, -0.2) is 4.98 Å². The van der Waals surface area contributed by atoms with Gasteiger partial charge >= 0.3 is 0 Å². The molecule has 0 saturated heterocycles. The summed E-state index contributed by atoms with van der Waals surface area (Å²) in [5.41, 5.74) is 5.71. The van der Waals surface area contributed by atoms with E-state index in [1.165, 1.54) is 5.56 Å². The van der Waals surface area contributed by atoms with E-state index in [4.69, 9.17) is 0 Å². The van der Waals surface area contributed by atoms with Crippen molar-refractivity contribution in [3.05, 3.63) is 83.0 Å². The molecule has 138 valence electrons. The van der Waals surface area contributed by atoms with Crippen LogP contribution < -0.4 is 10.6 Å². The number of carbonyl (C=O) groups is 1. The van der Waals surface area contributed by atoms with Crippen LogP contribution in [0.3, 0.4) is 0 Å². The molecule has 0 saturated carbocycles. The topological polar surface area (TPSA) is 54.0 Å². The van der Waals surface area contributed by atoms with Crippen LogP contribution >= 0.6 is 0 Å². The largest absolute Gasteiger partial charge is 0.339 e. The van der Waals surface area contributed by atoms with Gasteiger partial charge in [0, 0.05) is 17.6 Å². The Labute approximate surface area is 160 Å². The second-order valence-corrected chi connectivity index (χ2v) is 7.02. The number of benzene rings is 2. The standard InChI is InChI=1S/C23H25N3O/c1-15(2)18-10-12-19(13-11-18)25-23(27)20-9-6-14-24-22(20)26-21-16(3)7-5-8-17(21)4/h5-15H,1-4H3,(H,24,26)(H,25,27). The second-order valence-electron chi connectivity index (χ2n) is 7.02. The van der Waals surface area contributed by atoms with Crippen molar-refractivity contribution in [3.63, 3.8) is 0 Å². The molecule has 3 aromatic rings. The molecule has 1 heterocycles. The molecule has 4 heteroatoms. The summed E-state index contributed by atoms with van der Waals surface area (Å²) in [6.45, 7) is 8.37. The zero-order valence-corrected chi connectivity index (χ0v) is 16.2. The Kier molecular flexibility index (Phi) is 5.55. The molecule has 2 aromatic carbocycles. The lowest BCUT2D eigenvalue weighted by molar-refractivity contribution is 0.102. The van der Waals surface area contributed by atoms with Crippen molar-refractivity contribution in [3.8, 4) is 0 Å². The first-order chi connectivity index (χ1) is 13.0. The van der Waals surface area contributed by atoms with Crippen LogP contribution in [-0.2, 0) is 0 Å². The highest BCUT2D eigenvalue weighted by Gasteiger charge is 2.14. The molecule has 4 nitrogen and oxygen atoms in total. The number of nitrogens with one attached hydrogen (secondary N) is 2. The molecular weight excluding hydrogens is 334 g/mol. The molecule has 0 radical (unpaired) electrons. The van der Waals surface area contributed by atoms with Crippen LogP contribution in [0, 0.1) is 13.8 Å². The summed E-state index contributed by atoms with van der Waals surface area (Å²) < 4.78 is 0. The van der Waals surface area contributed by atoms with Crippen LogP contribution in [0.5, 0.6) is 0 Å². The van der Waals surface area contributed by atoms with Crippen LogP contribution in [0.1, 0.15) is 46.8 Å². The lowest BCUT2D eigenvalue weighted by Gasteiger charge is -2.15. The van der Waals surface area contributed by atoms with E-state index < -0.39 is 0 Å². The zero-order valence-electron chi connectivity index (χ0n) is 16.2. The fourth-order valence-corrected chi connectivity index (χ4v) is 2.97. The highest BCUT2D eigenvalue weighted by Crippen LogP contribution is 2.26. The fraction of sp³-hybridized carbons (Fsp3) is 0.217. The summed E-state index contributed by atoms with van der Waals surface area (Å²) in [4.78, 5) is 17.2. The Bertz CT molecular complexity index is 926. The first kappa shape index (κ1) is 18.6. The second kappa shape index (κ2) is 8.04. The molecule has 0 bridgehead atoms. The molecule has 0 atom stereocenters. The van der Waals surface area contributed by atoms with Gasteiger partial charge in [-0.3, -0.25) is 4.79 Å². The van der Waals surface area contributed by atoms with Gasteiger partial charge in [0.25, 0.3) is 5.91 Å². The maximum absolute atomic E-state index is 12.8. The van der Waals surface area contributed by atoms with Crippen LogP contribution in [0.15, 0.2) is 60.8 Å². The molecule has 0 aliphatic rings. The number of hydrogen-bond acceptors (Lipinski definition) is 3. The average Bonchev–Trinajstić information content (AvgIpc) is 2.65. The number of rotatable bonds is 5. The van der Waals surface area contributed by atoms with E-state index in [0.717, 1.165) is 22.5 Å². The van der Waals surface area contributed by atoms with Crippen molar-refractivity contribution in [2.75, 3.05) is 10.6 Å². The maximum Gasteiger partial charge on any atom is 0.259 e. The predicted octanol–water partition coefficient (Wildman–Crippen LogP) is 5.82. The van der Waals surface area contributed by atoms with Crippen LogP contribution in [0.4, 0.5) is 17.2 Å². The number of anilines is 3. The molecule has 1 aromatic heterocycles. The third kappa shape index (κ3) is 4.34. The van der Waals surface area contributed by atoms with E-state index >= 15 is 0 Å². The highest BCUT2D eigenvalue weighted by atomic mass is 16.1. The van der Waals surface area contributed by atoms with Gasteiger partial charge in [0.2, 0.25) is 0 Å². The van der Waals surface area contributed by atoms with Crippen molar-refractivity contribution in [2.24, 2.45) is 0 Å². The summed E-state index contributed by atoms with van der Waals surface area (Å²) in [5, 5.41) is 6.29. The Morgan fingerprint density at radius 2 is 1.59 bits per heavy atom. The van der Waals surface area contributed by atoms with Crippen molar-refractivity contribution in [1.82, 2.24) is 4.98 Å². The van der Waals surface area contributed by atoms with Crippen LogP contribution in [0.25, 0.3) is 0 Å². The first-order valence-electron chi connectivity index (χ1n) is 9.15. The average molecular weight is 359 g/mol. The monoisotopic (exact) mass is 359 g/mol. The summed E-state index contributed by atoms with van der Waals surface area (Å²) in [7, 11) is 0. The van der Waals surface area contributed by atoms with E-state index in [9.17, 15) is 4.79 Å². The lowest BCUT2D eigenvalue weighted by atomic mass is 10.0. The molecule has 0 unspecified atom stereocenters. The van der Waals surface area contributed by atoms with Crippen molar-refractivity contribution < 1.29 is 4.79 Å². The van der Waals surface area contributed by atoms with E-state index in [2.05, 4.69) is 29.5 Å². The van der Waals surface area contributed by atoms with Crippen molar-refractivity contribution in [2.45, 2.75) is 33.6 Å². The van der Waals surface area contributed by atoms with Gasteiger partial charge in [0.15, 0.2) is 0 Å². The Balaban J connectivity index is 1.83. The molecule has 0 fully saturated rings. The van der Waals surface area contributed by atoms with Gasteiger partial charge in [-0.15, -0.1) is 0 Å². The summed E-state index contributed by atoms with van der Waals surface area (Å²) in [5.74, 6) is 0.821. The molecule has 0 spiro atoms. The summed E-state index contributed by atoms with van der Waals surface area (Å²) >= 11 is 0. The lowest BCUT2D eigenvalue weighted by Crippen LogP contribution is -2.15. The van der Waals surface area contributed by atoms with Crippen LogP contribution in [-0.4, -0.2) is 10.9 Å². The molecule has 2 N–H and O–H groups in total. The molecule has 1 amide bonds. The summed E-state index contributed by atoms with van der Waals surface area (Å²) in [6.07, 6.45) is 1.68. The van der Waals surface area contributed by atoms with Gasteiger partial charge in [-0.1, -0.05) is 44.2 Å². The summed E-state index contributed by atoms with van der Waals surface area (Å²) in [6, 6.07) is 17.6. The number of aromatic nitrogens is 1. The third-order valence-electron chi connectivity index (χ3n) is 4.61. The zero-order chi connectivity index (χ0) is 19.4. The fourth-order valence-electron chi connectivity index (χ4n) is 2.97. The molecule has 0 aliphatic heterocycles. The Morgan fingerprint density at radius 1 is 0.926 bits per heavy atom. The number of para-hydroxylation sites is 1. The van der Waals surface area contributed by atoms with Gasteiger partial charge in [-0.2, -0.15) is 0 Å². The number of hydrogen-bond donors (Lipinski definition) is 2. The third-order valence-corrected chi connectivity index (χ3v) is 4.61. The van der Waals surface area contributed by atoms with Crippen molar-refractivity contribution >= 4 is 23.1 Å². The van der Waals surface area contributed by atoms with E-state index in [0.29, 0.717) is 17.3 Å². The number of aryl methyl sites for hydroxylation is 2. The molecule has 3 rings (SSSR count). The van der Waals surface area contributed by atoms with Crippen LogP contribution in [0.2, 0.25) is 0 Å². The van der Waals surface area contributed by atoms with Gasteiger partial charge in [0.1, 0.15) is 5.82 Å². The molecular formula is C23H25N3O. The minimum Gasteiger partial charge on any atom is -0.339 e. The van der Waals surface area contributed by atoms with Gasteiger partial charge in [0.05, 0.1) is 5.56 Å². The predicted molar refractivity (Wildman–Crippen MR) is 112 cm³/mol. The van der Waals surface area contributed by atoms with Crippen molar-refractivity contribution in [1.29, 1.82) is 0 Å². The maximum atomic E-state index is 12.8. The minimum atomic E-state index is -0.186. The van der Waals surface area contributed by atoms with E-state index in [1.807, 2.05) is 56.3 Å². The molecule has 27 heavy (non-hydrogen) atoms. The highest BCUT2D eigenvalue weighted by molar-refractivity contribution is 6.07. The van der Waals surface area contributed by atoms with E-state index in [1.54, 1.807) is 18.3 Å². The number of amides is 1. The normalized spacial score (nSPS) is 10.7. The molecule has 0 aliphatic carbocycles. The number of nitrogens with zero attached hydrogens (tertiary/aromatic N) is 1. The van der Waals surface area contributed by atoms with Gasteiger partial charge < -0.3 is 10.6 Å². The minimum absolute atomic E-state index is 0.186. The number of pyridine rings is 1. The van der Waals surface area contributed by atoms with E-state index in [-0.39, 0.29) is 5.91 Å². The SMILES string of the molecule is Cc1cccc(C)c1Nc1ncccc1C(=O)Nc1ccc(C(C)C)cc1. The first-order valence-corrected chi connectivity index (χ1v) is 9.15. The smallest absolute Gasteiger partial charge is 0.259 e. The Morgan fingerprint density at radius 3 is 2.22 bits per heavy atom. The Hall–Kier alpha value is -3.14.